The average Bonchev–Trinajstić information content (AvgIpc) is 2.69. The Hall–Kier alpha value is -2.93. The highest BCUT2D eigenvalue weighted by molar-refractivity contribution is 6.31. The van der Waals surface area contributed by atoms with Crippen LogP contribution in [0.4, 0.5) is 10.5 Å². The van der Waals surface area contributed by atoms with E-state index in [1.54, 1.807) is 24.3 Å². The first-order chi connectivity index (χ1) is 13.4. The number of rotatable bonds is 4. The van der Waals surface area contributed by atoms with Crippen molar-refractivity contribution >= 4 is 29.2 Å². The summed E-state index contributed by atoms with van der Waals surface area (Å²) in [6, 6.07) is 12.2. The van der Waals surface area contributed by atoms with Crippen LogP contribution in [0, 0.1) is 10.1 Å². The molecule has 0 spiro atoms. The maximum absolute atomic E-state index is 13.0. The highest BCUT2D eigenvalue weighted by atomic mass is 35.5. The molecule has 146 valence electrons. The van der Waals surface area contributed by atoms with Crippen molar-refractivity contribution in [2.24, 2.45) is 0 Å². The molecule has 0 heterocycles. The molecule has 28 heavy (non-hydrogen) atoms. The number of Topliss-reactive ketones (excluding diaryl/α,β-unsaturated/α-hetero) is 1. The molecule has 1 amide bonds. The second-order valence-electron chi connectivity index (χ2n) is 6.65. The molecule has 1 saturated carbocycles. The molecule has 0 N–H and O–H groups in total. The fraction of sp³-hybridized carbons (Fsp3) is 0.300. The monoisotopic (exact) mass is 402 g/mol. The van der Waals surface area contributed by atoms with Crippen LogP contribution in [0.15, 0.2) is 48.5 Å². The van der Waals surface area contributed by atoms with Crippen molar-refractivity contribution in [3.05, 3.63) is 69.2 Å². The molecule has 0 radical (unpaired) electrons. The summed E-state index contributed by atoms with van der Waals surface area (Å²) in [5.41, 5.74) is -0.735. The Kier molecular flexibility index (Phi) is 5.65. The van der Waals surface area contributed by atoms with Crippen molar-refractivity contribution in [2.45, 2.75) is 31.2 Å². The number of nitro groups is 1. The molecule has 2 aromatic carbocycles. The zero-order valence-electron chi connectivity index (χ0n) is 15.3. The number of likely N-dealkylation sites (N-methyl/N-ethyl adjacent to an activating group) is 1. The Morgan fingerprint density at radius 2 is 1.86 bits per heavy atom. The number of hydrogen-bond acceptors (Lipinski definition) is 5. The maximum atomic E-state index is 13.0. The number of nitrogens with zero attached hydrogens (tertiary/aromatic N) is 2. The van der Waals surface area contributed by atoms with Crippen molar-refractivity contribution in [3.8, 4) is 5.75 Å². The Labute approximate surface area is 167 Å². The molecule has 0 saturated heterocycles. The lowest BCUT2D eigenvalue weighted by Gasteiger charge is -2.43. The van der Waals surface area contributed by atoms with Crippen LogP contribution in [0.5, 0.6) is 5.75 Å². The van der Waals surface area contributed by atoms with Gasteiger partial charge in [-0.3, -0.25) is 19.8 Å². The van der Waals surface area contributed by atoms with Crippen LogP contribution in [0.1, 0.15) is 31.2 Å². The van der Waals surface area contributed by atoms with Gasteiger partial charge in [0.2, 0.25) is 0 Å². The van der Waals surface area contributed by atoms with E-state index in [1.165, 1.54) is 36.2 Å². The molecule has 7 nitrogen and oxygen atoms in total. The SMILES string of the molecule is CN(C(=O)Oc1ccc([N+](=O)[O-])cc1)C1(c2ccccc2Cl)CCCCC1=O. The van der Waals surface area contributed by atoms with E-state index in [-0.39, 0.29) is 17.2 Å². The van der Waals surface area contributed by atoms with Gasteiger partial charge in [-0.05, 0) is 37.5 Å². The molecule has 1 aliphatic carbocycles. The zero-order valence-corrected chi connectivity index (χ0v) is 16.0. The molecule has 2 aromatic rings. The minimum atomic E-state index is -1.20. The van der Waals surface area contributed by atoms with Crippen LogP contribution < -0.4 is 4.74 Å². The van der Waals surface area contributed by atoms with Crippen LogP contribution in [-0.2, 0) is 10.3 Å². The summed E-state index contributed by atoms with van der Waals surface area (Å²) in [5, 5.41) is 11.2. The molecule has 1 fully saturated rings. The number of benzene rings is 2. The minimum absolute atomic E-state index is 0.0880. The van der Waals surface area contributed by atoms with E-state index in [0.717, 1.165) is 12.8 Å². The average molecular weight is 403 g/mol. The maximum Gasteiger partial charge on any atom is 0.416 e. The lowest BCUT2D eigenvalue weighted by molar-refractivity contribution is -0.384. The minimum Gasteiger partial charge on any atom is -0.410 e. The number of ether oxygens (including phenoxy) is 1. The normalized spacial score (nSPS) is 19.1. The quantitative estimate of drug-likeness (QED) is 0.545. The standard InChI is InChI=1S/C20H19ClN2O5/c1-22(19(25)28-15-11-9-14(10-12-15)23(26)27)20(13-5-4-8-18(20)24)16-6-2-3-7-17(16)21/h2-3,6-7,9-12H,4-5,8,13H2,1H3. The van der Waals surface area contributed by atoms with Crippen LogP contribution in [0.3, 0.4) is 0 Å². The van der Waals surface area contributed by atoms with Gasteiger partial charge in [0, 0.05) is 36.2 Å². The molecular formula is C20H19ClN2O5. The summed E-state index contributed by atoms with van der Waals surface area (Å²) < 4.78 is 5.37. The molecule has 1 unspecified atom stereocenters. The van der Waals surface area contributed by atoms with Gasteiger partial charge in [-0.2, -0.15) is 0 Å². The Bertz CT molecular complexity index is 915. The van der Waals surface area contributed by atoms with Gasteiger partial charge in [0.15, 0.2) is 5.78 Å². The van der Waals surface area contributed by atoms with Crippen molar-refractivity contribution < 1.29 is 19.2 Å². The second-order valence-corrected chi connectivity index (χ2v) is 7.06. The predicted molar refractivity (Wildman–Crippen MR) is 103 cm³/mol. The summed E-state index contributed by atoms with van der Waals surface area (Å²) in [7, 11) is 1.51. The first kappa shape index (κ1) is 19.8. The van der Waals surface area contributed by atoms with Crippen molar-refractivity contribution in [3.63, 3.8) is 0 Å². The van der Waals surface area contributed by atoms with Gasteiger partial charge < -0.3 is 4.74 Å². The molecule has 3 rings (SSSR count). The van der Waals surface area contributed by atoms with Crippen LogP contribution >= 0.6 is 11.6 Å². The third-order valence-corrected chi connectivity index (χ3v) is 5.40. The van der Waals surface area contributed by atoms with Crippen molar-refractivity contribution in [1.29, 1.82) is 0 Å². The Balaban J connectivity index is 1.92. The number of carbonyl (C=O) groups is 2. The number of carbonyl (C=O) groups excluding carboxylic acids is 2. The summed E-state index contributed by atoms with van der Waals surface area (Å²) in [5.74, 6) is 0.0648. The highest BCUT2D eigenvalue weighted by Crippen LogP contribution is 2.42. The first-order valence-corrected chi connectivity index (χ1v) is 9.22. The first-order valence-electron chi connectivity index (χ1n) is 8.84. The third-order valence-electron chi connectivity index (χ3n) is 5.07. The van der Waals surface area contributed by atoms with Gasteiger partial charge >= 0.3 is 6.09 Å². The fourth-order valence-electron chi connectivity index (χ4n) is 3.59. The molecule has 0 bridgehead atoms. The molecule has 0 aromatic heterocycles. The van der Waals surface area contributed by atoms with Crippen LogP contribution in [-0.4, -0.2) is 28.7 Å². The summed E-state index contributed by atoms with van der Waals surface area (Å²) in [4.78, 5) is 37.4. The molecule has 1 aliphatic rings. The van der Waals surface area contributed by atoms with Gasteiger partial charge in [-0.25, -0.2) is 4.79 Å². The van der Waals surface area contributed by atoms with Gasteiger partial charge in [0.1, 0.15) is 11.3 Å². The lowest BCUT2D eigenvalue weighted by Crippen LogP contribution is -2.55. The summed E-state index contributed by atoms with van der Waals surface area (Å²) in [6.45, 7) is 0. The third kappa shape index (κ3) is 3.57. The summed E-state index contributed by atoms with van der Waals surface area (Å²) >= 11 is 6.37. The van der Waals surface area contributed by atoms with Crippen LogP contribution in [0.2, 0.25) is 5.02 Å². The van der Waals surface area contributed by atoms with E-state index in [0.29, 0.717) is 23.4 Å². The smallest absolute Gasteiger partial charge is 0.410 e. The molecule has 0 aliphatic heterocycles. The van der Waals surface area contributed by atoms with Crippen LogP contribution in [0.25, 0.3) is 0 Å². The van der Waals surface area contributed by atoms with E-state index in [1.807, 2.05) is 0 Å². The van der Waals surface area contributed by atoms with E-state index in [4.69, 9.17) is 16.3 Å². The van der Waals surface area contributed by atoms with E-state index in [2.05, 4.69) is 0 Å². The molecule has 8 heteroatoms. The van der Waals surface area contributed by atoms with E-state index < -0.39 is 16.6 Å². The largest absolute Gasteiger partial charge is 0.416 e. The number of nitro benzene ring substituents is 1. The Morgan fingerprint density at radius 3 is 2.46 bits per heavy atom. The van der Waals surface area contributed by atoms with Gasteiger partial charge in [0.05, 0.1) is 4.92 Å². The summed E-state index contributed by atoms with van der Waals surface area (Å²) in [6.07, 6.45) is 1.59. The van der Waals surface area contributed by atoms with Gasteiger partial charge in [-0.1, -0.05) is 29.8 Å². The second kappa shape index (κ2) is 7.98. The number of amides is 1. The molecule has 1 atom stereocenters. The van der Waals surface area contributed by atoms with Gasteiger partial charge in [-0.15, -0.1) is 0 Å². The van der Waals surface area contributed by atoms with Crippen molar-refractivity contribution in [1.82, 2.24) is 4.90 Å². The van der Waals surface area contributed by atoms with Gasteiger partial charge in [0.25, 0.3) is 5.69 Å². The number of halogens is 1. The Morgan fingerprint density at radius 1 is 1.18 bits per heavy atom. The van der Waals surface area contributed by atoms with Crippen molar-refractivity contribution in [2.75, 3.05) is 7.05 Å². The zero-order chi connectivity index (χ0) is 20.3. The fourth-order valence-corrected chi connectivity index (χ4v) is 3.88. The van der Waals surface area contributed by atoms with E-state index >= 15 is 0 Å². The molecular weight excluding hydrogens is 384 g/mol. The number of hydrogen-bond donors (Lipinski definition) is 0. The topological polar surface area (TPSA) is 89.8 Å². The number of ketones is 1. The number of non-ortho nitro benzene ring substituents is 1. The highest BCUT2D eigenvalue weighted by Gasteiger charge is 2.48. The predicted octanol–water partition coefficient (Wildman–Crippen LogP) is 4.72. The lowest BCUT2D eigenvalue weighted by atomic mass is 9.74. The van der Waals surface area contributed by atoms with E-state index in [9.17, 15) is 19.7 Å².